The van der Waals surface area contributed by atoms with Gasteiger partial charge in [0, 0.05) is 0 Å². The van der Waals surface area contributed by atoms with Gasteiger partial charge in [0.2, 0.25) is 0 Å². The molecule has 2 amide bonds. The first-order valence-electron chi connectivity index (χ1n) is 8.93. The zero-order valence-corrected chi connectivity index (χ0v) is 18.3. The van der Waals surface area contributed by atoms with Gasteiger partial charge < -0.3 is 4.74 Å². The summed E-state index contributed by atoms with van der Waals surface area (Å²) in [4.78, 5) is 26.9. The molecule has 2 aromatic carbocycles. The maximum Gasteiger partial charge on any atom is 0.270 e. The fourth-order valence-corrected chi connectivity index (χ4v) is 4.71. The first kappa shape index (κ1) is 20.3. The summed E-state index contributed by atoms with van der Waals surface area (Å²) in [6, 6.07) is 18.3. The number of nitrogens with one attached hydrogen (secondary N) is 1. The van der Waals surface area contributed by atoms with Crippen LogP contribution in [0.3, 0.4) is 0 Å². The van der Waals surface area contributed by atoms with Gasteiger partial charge in [-0.1, -0.05) is 18.2 Å². The molecule has 0 spiro atoms. The molecule has 0 atom stereocenters. The number of rotatable bonds is 5. The van der Waals surface area contributed by atoms with Crippen LogP contribution in [0.15, 0.2) is 75.8 Å². The van der Waals surface area contributed by atoms with Gasteiger partial charge in [0.25, 0.3) is 11.8 Å². The number of carbonyl (C=O) groups is 2. The first-order valence-corrected chi connectivity index (χ1v) is 11.4. The van der Waals surface area contributed by atoms with E-state index in [0.717, 1.165) is 9.77 Å². The molecule has 1 N–H and O–H groups in total. The van der Waals surface area contributed by atoms with Crippen LogP contribution in [0.25, 0.3) is 6.08 Å². The van der Waals surface area contributed by atoms with Gasteiger partial charge in [-0.25, -0.2) is 0 Å². The van der Waals surface area contributed by atoms with Gasteiger partial charge in [0.15, 0.2) is 5.11 Å². The molecule has 1 aliphatic rings. The third kappa shape index (κ3) is 4.16. The molecule has 1 fully saturated rings. The van der Waals surface area contributed by atoms with E-state index in [1.807, 2.05) is 48.0 Å². The van der Waals surface area contributed by atoms with E-state index in [2.05, 4.69) is 5.32 Å². The summed E-state index contributed by atoms with van der Waals surface area (Å²) in [7, 11) is 0. The number of para-hydroxylation sites is 1. The van der Waals surface area contributed by atoms with E-state index >= 15 is 0 Å². The summed E-state index contributed by atoms with van der Waals surface area (Å²) in [5, 5.41) is 4.59. The van der Waals surface area contributed by atoms with Crippen LogP contribution in [0.1, 0.15) is 5.56 Å². The molecule has 5 nitrogen and oxygen atoms in total. The van der Waals surface area contributed by atoms with Crippen molar-refractivity contribution in [3.63, 3.8) is 0 Å². The molecule has 2 heterocycles. The van der Waals surface area contributed by atoms with Crippen molar-refractivity contribution < 1.29 is 14.3 Å². The topological polar surface area (TPSA) is 58.6 Å². The molecule has 30 heavy (non-hydrogen) atoms. The Morgan fingerprint density at radius 1 is 1.03 bits per heavy atom. The summed E-state index contributed by atoms with van der Waals surface area (Å²) < 4.78 is 6.82. The van der Waals surface area contributed by atoms with E-state index in [-0.39, 0.29) is 10.7 Å². The Labute approximate surface area is 187 Å². The predicted octanol–water partition coefficient (Wildman–Crippen LogP) is 5.09. The average molecular weight is 453 g/mol. The number of thioether (sulfide) groups is 1. The van der Waals surface area contributed by atoms with Crippen LogP contribution < -0.4 is 15.0 Å². The Kier molecular flexibility index (Phi) is 5.98. The van der Waals surface area contributed by atoms with Crippen molar-refractivity contribution in [2.75, 3.05) is 11.2 Å². The third-order valence-corrected chi connectivity index (χ3v) is 6.72. The molecule has 0 aliphatic carbocycles. The lowest BCUT2D eigenvalue weighted by Gasteiger charge is -2.29. The van der Waals surface area contributed by atoms with Gasteiger partial charge in [-0.15, -0.1) is 23.1 Å². The summed E-state index contributed by atoms with van der Waals surface area (Å²) >= 11 is 8.40. The molecule has 1 saturated heterocycles. The number of nitrogens with zero attached hydrogens (tertiary/aromatic N) is 1. The van der Waals surface area contributed by atoms with Crippen molar-refractivity contribution in [3.8, 4) is 11.5 Å². The molecule has 3 aromatic rings. The van der Waals surface area contributed by atoms with Gasteiger partial charge in [0.05, 0.1) is 9.90 Å². The highest BCUT2D eigenvalue weighted by molar-refractivity contribution is 8.00. The molecule has 0 bridgehead atoms. The number of carbonyl (C=O) groups excluding carboxylic acids is 2. The summed E-state index contributed by atoms with van der Waals surface area (Å²) in [5.41, 5.74) is 1.43. The minimum atomic E-state index is -0.497. The molecule has 1 aromatic heterocycles. The smallest absolute Gasteiger partial charge is 0.270 e. The van der Waals surface area contributed by atoms with Gasteiger partial charge in [-0.3, -0.25) is 19.8 Å². The molecule has 4 rings (SSSR count). The third-order valence-electron chi connectivity index (χ3n) is 4.32. The number of thiophene rings is 1. The monoisotopic (exact) mass is 452 g/mol. The van der Waals surface area contributed by atoms with Gasteiger partial charge in [-0.05, 0) is 78.0 Å². The second kappa shape index (κ2) is 8.83. The van der Waals surface area contributed by atoms with Crippen molar-refractivity contribution in [3.05, 3.63) is 77.2 Å². The van der Waals surface area contributed by atoms with Gasteiger partial charge >= 0.3 is 0 Å². The molecule has 0 unspecified atom stereocenters. The largest absolute Gasteiger partial charge is 0.457 e. The SMILES string of the molecule is CSc1sccc1/C=C1\C(=O)NC(=S)N(c2ccc(Oc3ccccc3)cc2)C1=O. The number of ether oxygens (including phenoxy) is 1. The Morgan fingerprint density at radius 2 is 1.73 bits per heavy atom. The van der Waals surface area contributed by atoms with E-state index in [1.165, 1.54) is 4.90 Å². The van der Waals surface area contributed by atoms with Crippen LogP contribution in [0, 0.1) is 0 Å². The highest BCUT2D eigenvalue weighted by atomic mass is 32.2. The number of anilines is 1. The standard InChI is InChI=1S/C22H16N2O3S3/c1-29-21-14(11-12-30-21)13-18-19(25)23-22(28)24(20(18)26)15-7-9-17(10-8-15)27-16-5-3-2-4-6-16/h2-13H,1H3,(H,23,25,28)/b18-13+. The first-order chi connectivity index (χ1) is 14.6. The second-order valence-electron chi connectivity index (χ2n) is 6.23. The zero-order chi connectivity index (χ0) is 21.1. The average Bonchev–Trinajstić information content (AvgIpc) is 3.20. The van der Waals surface area contributed by atoms with E-state index in [9.17, 15) is 9.59 Å². The number of hydrogen-bond acceptors (Lipinski definition) is 6. The van der Waals surface area contributed by atoms with Gasteiger partial charge in [0.1, 0.15) is 17.1 Å². The molecule has 1 aliphatic heterocycles. The highest BCUT2D eigenvalue weighted by Gasteiger charge is 2.34. The number of thiocarbonyl (C=S) groups is 1. The summed E-state index contributed by atoms with van der Waals surface area (Å²) in [5.74, 6) is 0.387. The van der Waals surface area contributed by atoms with E-state index in [0.29, 0.717) is 17.2 Å². The van der Waals surface area contributed by atoms with E-state index in [4.69, 9.17) is 17.0 Å². The lowest BCUT2D eigenvalue weighted by molar-refractivity contribution is -0.122. The Hall–Kier alpha value is -2.94. The Balaban J connectivity index is 1.60. The maximum atomic E-state index is 13.1. The summed E-state index contributed by atoms with van der Waals surface area (Å²) in [6.45, 7) is 0. The lowest BCUT2D eigenvalue weighted by atomic mass is 10.1. The van der Waals surface area contributed by atoms with Crippen LogP contribution in [-0.4, -0.2) is 23.2 Å². The fraction of sp³-hybridized carbons (Fsp3) is 0.0455. The van der Waals surface area contributed by atoms with Crippen molar-refractivity contribution in [1.29, 1.82) is 0 Å². The van der Waals surface area contributed by atoms with Crippen LogP contribution >= 0.6 is 35.3 Å². The van der Waals surface area contributed by atoms with Crippen molar-refractivity contribution in [2.45, 2.75) is 4.21 Å². The van der Waals surface area contributed by atoms with E-state index < -0.39 is 11.8 Å². The zero-order valence-electron chi connectivity index (χ0n) is 15.8. The molecule has 8 heteroatoms. The number of hydrogen-bond donors (Lipinski definition) is 1. The number of amides is 2. The predicted molar refractivity (Wildman–Crippen MR) is 125 cm³/mol. The molecule has 0 saturated carbocycles. The molecular weight excluding hydrogens is 436 g/mol. The molecule has 150 valence electrons. The van der Waals surface area contributed by atoms with Crippen LogP contribution in [0.4, 0.5) is 5.69 Å². The highest BCUT2D eigenvalue weighted by Crippen LogP contribution is 2.31. The second-order valence-corrected chi connectivity index (χ2v) is 8.61. The van der Waals surface area contributed by atoms with Crippen LogP contribution in [-0.2, 0) is 9.59 Å². The molecule has 0 radical (unpaired) electrons. The summed E-state index contributed by atoms with van der Waals surface area (Å²) in [6.07, 6.45) is 3.57. The quantitative estimate of drug-likeness (QED) is 0.253. The van der Waals surface area contributed by atoms with Crippen molar-refractivity contribution in [2.24, 2.45) is 0 Å². The lowest BCUT2D eigenvalue weighted by Crippen LogP contribution is -2.54. The Morgan fingerprint density at radius 3 is 2.43 bits per heavy atom. The van der Waals surface area contributed by atoms with Crippen molar-refractivity contribution in [1.82, 2.24) is 5.32 Å². The molecular formula is C22H16N2O3S3. The van der Waals surface area contributed by atoms with Crippen molar-refractivity contribution >= 4 is 64.0 Å². The van der Waals surface area contributed by atoms with Gasteiger partial charge in [-0.2, -0.15) is 0 Å². The minimum Gasteiger partial charge on any atom is -0.457 e. The Bertz CT molecular complexity index is 1140. The maximum absolute atomic E-state index is 13.1. The van der Waals surface area contributed by atoms with E-state index in [1.54, 1.807) is 53.4 Å². The van der Waals surface area contributed by atoms with Crippen LogP contribution in [0.2, 0.25) is 0 Å². The number of benzene rings is 2. The van der Waals surface area contributed by atoms with Crippen LogP contribution in [0.5, 0.6) is 11.5 Å². The fourth-order valence-electron chi connectivity index (χ4n) is 2.91. The normalized spacial score (nSPS) is 15.4. The minimum absolute atomic E-state index is 0.0434.